The highest BCUT2D eigenvalue weighted by atomic mass is 16.5. The molecule has 6 heteroatoms. The Balaban J connectivity index is 1.74. The van der Waals surface area contributed by atoms with E-state index in [1.807, 2.05) is 0 Å². The molecule has 1 aromatic rings. The Bertz CT molecular complexity index is 460. The lowest BCUT2D eigenvalue weighted by Crippen LogP contribution is -2.34. The third kappa shape index (κ3) is 3.54. The first kappa shape index (κ1) is 12.1. The second-order valence-electron chi connectivity index (χ2n) is 4.14. The minimum atomic E-state index is -0.364. The molecule has 2 rings (SSSR count). The molecule has 0 bridgehead atoms. The van der Waals surface area contributed by atoms with Gasteiger partial charge in [-0.15, -0.1) is 0 Å². The van der Waals surface area contributed by atoms with E-state index in [1.54, 1.807) is 0 Å². The van der Waals surface area contributed by atoms with Crippen LogP contribution in [0.2, 0.25) is 0 Å². The molecule has 0 aliphatic carbocycles. The van der Waals surface area contributed by atoms with Gasteiger partial charge in [0, 0.05) is 38.5 Å². The maximum Gasteiger partial charge on any atom is 0.328 e. The Morgan fingerprint density at radius 3 is 3.12 bits per heavy atom. The number of nitrogens with zero attached hydrogens (tertiary/aromatic N) is 1. The molecule has 94 valence electrons. The average Bonchev–Trinajstić information content (AvgIpc) is 2.79. The van der Waals surface area contributed by atoms with Crippen molar-refractivity contribution < 1.29 is 4.74 Å². The summed E-state index contributed by atoms with van der Waals surface area (Å²) in [6, 6.07) is 1.35. The third-order valence-electron chi connectivity index (χ3n) is 2.82. The van der Waals surface area contributed by atoms with Gasteiger partial charge in [-0.05, 0) is 12.8 Å². The minimum absolute atomic E-state index is 0.308. The van der Waals surface area contributed by atoms with Gasteiger partial charge < -0.3 is 10.1 Å². The first-order valence-corrected chi connectivity index (χ1v) is 5.88. The van der Waals surface area contributed by atoms with Gasteiger partial charge in [0.15, 0.2) is 0 Å². The van der Waals surface area contributed by atoms with E-state index in [-0.39, 0.29) is 11.2 Å². The Labute approximate surface area is 98.6 Å². The summed E-state index contributed by atoms with van der Waals surface area (Å²) in [6.07, 6.45) is 4.05. The normalized spacial score (nSPS) is 19.6. The molecule has 1 aliphatic heterocycles. The standard InChI is InChI=1S/C11H17N3O3/c15-10-3-5-14(11(16)13-10)6-4-12-8-9-2-1-7-17-9/h3,5,9,12H,1-2,4,6-8H2,(H,13,15,16). The lowest BCUT2D eigenvalue weighted by Gasteiger charge is -2.11. The fourth-order valence-electron chi connectivity index (χ4n) is 1.89. The van der Waals surface area contributed by atoms with Crippen LogP contribution >= 0.6 is 0 Å². The van der Waals surface area contributed by atoms with Crippen molar-refractivity contribution in [3.05, 3.63) is 33.1 Å². The van der Waals surface area contributed by atoms with Crippen molar-refractivity contribution in [1.29, 1.82) is 0 Å². The zero-order chi connectivity index (χ0) is 12.1. The van der Waals surface area contributed by atoms with Crippen LogP contribution in [0.4, 0.5) is 0 Å². The topological polar surface area (TPSA) is 76.1 Å². The van der Waals surface area contributed by atoms with Crippen molar-refractivity contribution in [3.63, 3.8) is 0 Å². The van der Waals surface area contributed by atoms with E-state index >= 15 is 0 Å². The summed E-state index contributed by atoms with van der Waals surface area (Å²) in [5.41, 5.74) is -0.727. The van der Waals surface area contributed by atoms with Crippen molar-refractivity contribution in [2.75, 3.05) is 19.7 Å². The second-order valence-corrected chi connectivity index (χ2v) is 4.14. The maximum atomic E-state index is 11.3. The molecule has 0 spiro atoms. The fraction of sp³-hybridized carbons (Fsp3) is 0.636. The van der Waals surface area contributed by atoms with E-state index in [0.29, 0.717) is 19.2 Å². The summed E-state index contributed by atoms with van der Waals surface area (Å²) < 4.78 is 6.94. The summed E-state index contributed by atoms with van der Waals surface area (Å²) in [5, 5.41) is 3.24. The molecular formula is C11H17N3O3. The predicted molar refractivity (Wildman–Crippen MR) is 63.2 cm³/mol. The number of hydrogen-bond acceptors (Lipinski definition) is 4. The van der Waals surface area contributed by atoms with Gasteiger partial charge in [0.25, 0.3) is 5.56 Å². The molecule has 2 heterocycles. The molecule has 1 unspecified atom stereocenters. The highest BCUT2D eigenvalue weighted by Gasteiger charge is 2.14. The SMILES string of the molecule is O=c1ccn(CCNCC2CCCO2)c(=O)[nH]1. The van der Waals surface area contributed by atoms with Gasteiger partial charge in [-0.3, -0.25) is 14.3 Å². The third-order valence-corrected chi connectivity index (χ3v) is 2.82. The smallest absolute Gasteiger partial charge is 0.328 e. The summed E-state index contributed by atoms with van der Waals surface area (Å²) in [4.78, 5) is 24.4. The predicted octanol–water partition coefficient (Wildman–Crippen LogP) is -0.695. The first-order valence-electron chi connectivity index (χ1n) is 5.88. The van der Waals surface area contributed by atoms with E-state index in [9.17, 15) is 9.59 Å². The zero-order valence-corrected chi connectivity index (χ0v) is 9.65. The monoisotopic (exact) mass is 239 g/mol. The van der Waals surface area contributed by atoms with Crippen LogP contribution in [0.25, 0.3) is 0 Å². The minimum Gasteiger partial charge on any atom is -0.377 e. The second kappa shape index (κ2) is 5.79. The Morgan fingerprint density at radius 2 is 2.41 bits per heavy atom. The number of rotatable bonds is 5. The van der Waals surface area contributed by atoms with Crippen LogP contribution in [-0.2, 0) is 11.3 Å². The van der Waals surface area contributed by atoms with Crippen LogP contribution in [0.15, 0.2) is 21.9 Å². The van der Waals surface area contributed by atoms with Crippen LogP contribution in [-0.4, -0.2) is 35.4 Å². The van der Waals surface area contributed by atoms with Gasteiger partial charge in [0.05, 0.1) is 6.10 Å². The fourth-order valence-corrected chi connectivity index (χ4v) is 1.89. The molecule has 1 aromatic heterocycles. The molecule has 6 nitrogen and oxygen atoms in total. The summed E-state index contributed by atoms with van der Waals surface area (Å²) in [6.45, 7) is 2.90. The molecule has 17 heavy (non-hydrogen) atoms. The summed E-state index contributed by atoms with van der Waals surface area (Å²) in [7, 11) is 0. The Hall–Kier alpha value is -1.40. The molecular weight excluding hydrogens is 222 g/mol. The number of aromatic nitrogens is 2. The number of hydrogen-bond donors (Lipinski definition) is 2. The average molecular weight is 239 g/mol. The lowest BCUT2D eigenvalue weighted by atomic mass is 10.2. The molecule has 0 saturated carbocycles. The van der Waals surface area contributed by atoms with E-state index < -0.39 is 0 Å². The van der Waals surface area contributed by atoms with Gasteiger partial charge in [-0.2, -0.15) is 0 Å². The number of H-pyrrole nitrogens is 1. The van der Waals surface area contributed by atoms with Crippen LogP contribution in [0, 0.1) is 0 Å². The van der Waals surface area contributed by atoms with Crippen LogP contribution in [0.3, 0.4) is 0 Å². The molecule has 0 aromatic carbocycles. The summed E-state index contributed by atoms with van der Waals surface area (Å²) in [5.74, 6) is 0. The van der Waals surface area contributed by atoms with E-state index in [4.69, 9.17) is 4.74 Å². The van der Waals surface area contributed by atoms with Crippen molar-refractivity contribution >= 4 is 0 Å². The van der Waals surface area contributed by atoms with E-state index in [0.717, 1.165) is 26.0 Å². The number of aromatic amines is 1. The largest absolute Gasteiger partial charge is 0.377 e. The molecule has 1 aliphatic rings. The van der Waals surface area contributed by atoms with Crippen LogP contribution in [0.1, 0.15) is 12.8 Å². The van der Waals surface area contributed by atoms with Crippen molar-refractivity contribution in [3.8, 4) is 0 Å². The quantitative estimate of drug-likeness (QED) is 0.667. The van der Waals surface area contributed by atoms with Gasteiger partial charge >= 0.3 is 5.69 Å². The number of ether oxygens (including phenoxy) is 1. The van der Waals surface area contributed by atoms with Crippen LogP contribution in [0.5, 0.6) is 0 Å². The summed E-state index contributed by atoms with van der Waals surface area (Å²) >= 11 is 0. The zero-order valence-electron chi connectivity index (χ0n) is 9.65. The maximum absolute atomic E-state index is 11.3. The lowest BCUT2D eigenvalue weighted by molar-refractivity contribution is 0.110. The molecule has 1 saturated heterocycles. The van der Waals surface area contributed by atoms with Crippen molar-refractivity contribution in [1.82, 2.24) is 14.9 Å². The first-order chi connectivity index (χ1) is 8.25. The Morgan fingerprint density at radius 1 is 1.53 bits per heavy atom. The van der Waals surface area contributed by atoms with Crippen LogP contribution < -0.4 is 16.6 Å². The molecule has 1 atom stereocenters. The van der Waals surface area contributed by atoms with Crippen molar-refractivity contribution in [2.45, 2.75) is 25.5 Å². The highest BCUT2D eigenvalue weighted by Crippen LogP contribution is 2.10. The van der Waals surface area contributed by atoms with Gasteiger partial charge in [0.2, 0.25) is 0 Å². The van der Waals surface area contributed by atoms with Gasteiger partial charge in [-0.25, -0.2) is 4.79 Å². The Kier molecular flexibility index (Phi) is 4.11. The number of nitrogens with one attached hydrogen (secondary N) is 2. The highest BCUT2D eigenvalue weighted by molar-refractivity contribution is 4.82. The van der Waals surface area contributed by atoms with Crippen molar-refractivity contribution in [2.24, 2.45) is 0 Å². The molecule has 0 amide bonds. The molecule has 0 radical (unpaired) electrons. The molecule has 2 N–H and O–H groups in total. The van der Waals surface area contributed by atoms with Gasteiger partial charge in [0.1, 0.15) is 0 Å². The van der Waals surface area contributed by atoms with Gasteiger partial charge in [-0.1, -0.05) is 0 Å². The van der Waals surface area contributed by atoms with E-state index in [1.165, 1.54) is 16.8 Å². The molecule has 1 fully saturated rings. The van der Waals surface area contributed by atoms with E-state index in [2.05, 4.69) is 10.3 Å².